The fourth-order valence-electron chi connectivity index (χ4n) is 2.20. The smallest absolute Gasteiger partial charge is 0.347 e. The van der Waals surface area contributed by atoms with Crippen LogP contribution in [-0.2, 0) is 0 Å². The lowest BCUT2D eigenvalue weighted by Gasteiger charge is -2.03. The zero-order chi connectivity index (χ0) is 21.6. The van der Waals surface area contributed by atoms with Crippen molar-refractivity contribution in [1.82, 2.24) is 4.98 Å². The number of non-ortho nitro benzene ring substituents is 1. The number of aromatic carboxylic acids is 1. The summed E-state index contributed by atoms with van der Waals surface area (Å²) in [5, 5.41) is 22.8. The van der Waals surface area contributed by atoms with E-state index in [1.807, 2.05) is 31.2 Å². The number of rotatable bonds is 5. The van der Waals surface area contributed by atoms with Gasteiger partial charge in [0, 0.05) is 28.3 Å². The van der Waals surface area contributed by atoms with Crippen LogP contribution in [0.1, 0.15) is 33.9 Å². The lowest BCUT2D eigenvalue weighted by atomic mass is 10.1. The van der Waals surface area contributed by atoms with Crippen LogP contribution in [0.3, 0.4) is 0 Å². The van der Waals surface area contributed by atoms with Gasteiger partial charge in [-0.2, -0.15) is 0 Å². The highest BCUT2D eigenvalue weighted by molar-refractivity contribution is 9.10. The van der Waals surface area contributed by atoms with E-state index in [1.165, 1.54) is 12.1 Å². The standard InChI is InChI=1S/C11H9BrN2O2S.C8H10N2O2/c1-6-9(10(15)16)17-11(13-6)14-8-4-2-7(12)3-5-8;1-6(9)7-2-4-8(5-3-7)10(11)12/h2-5H,1H3,(H,13,14)(H,15,16);2-6H,9H2,1H3/t;6-/m.1/s1. The molecule has 0 unspecified atom stereocenters. The van der Waals surface area contributed by atoms with E-state index in [2.05, 4.69) is 26.2 Å². The van der Waals surface area contributed by atoms with E-state index in [9.17, 15) is 14.9 Å². The molecule has 3 aromatic rings. The fourth-order valence-corrected chi connectivity index (χ4v) is 3.29. The number of halogens is 1. The van der Waals surface area contributed by atoms with E-state index < -0.39 is 10.9 Å². The number of nitro benzene ring substituents is 1. The van der Waals surface area contributed by atoms with Gasteiger partial charge in [-0.1, -0.05) is 39.4 Å². The molecule has 1 atom stereocenters. The molecule has 0 bridgehead atoms. The maximum Gasteiger partial charge on any atom is 0.347 e. The van der Waals surface area contributed by atoms with Crippen LogP contribution in [-0.4, -0.2) is 21.0 Å². The first kappa shape index (κ1) is 22.5. The summed E-state index contributed by atoms with van der Waals surface area (Å²) in [4.78, 5) is 25.1. The number of carboxylic acids is 1. The van der Waals surface area contributed by atoms with Gasteiger partial charge in [-0.15, -0.1) is 0 Å². The highest BCUT2D eigenvalue weighted by Crippen LogP contribution is 2.26. The molecular weight excluding hydrogens is 460 g/mol. The molecule has 10 heteroatoms. The van der Waals surface area contributed by atoms with Gasteiger partial charge in [0.2, 0.25) is 0 Å². The van der Waals surface area contributed by atoms with Crippen molar-refractivity contribution in [2.45, 2.75) is 19.9 Å². The van der Waals surface area contributed by atoms with Gasteiger partial charge in [-0.3, -0.25) is 10.1 Å². The van der Waals surface area contributed by atoms with Crippen molar-refractivity contribution < 1.29 is 14.8 Å². The van der Waals surface area contributed by atoms with E-state index in [1.54, 1.807) is 19.1 Å². The summed E-state index contributed by atoms with van der Waals surface area (Å²) in [6.45, 7) is 3.52. The summed E-state index contributed by atoms with van der Waals surface area (Å²) in [6, 6.07) is 13.8. The summed E-state index contributed by atoms with van der Waals surface area (Å²) in [7, 11) is 0. The molecule has 1 heterocycles. The predicted molar refractivity (Wildman–Crippen MR) is 117 cm³/mol. The largest absolute Gasteiger partial charge is 0.477 e. The number of aryl methyl sites for hydroxylation is 1. The average Bonchev–Trinajstić information content (AvgIpc) is 3.04. The van der Waals surface area contributed by atoms with Crippen LogP contribution in [0, 0.1) is 17.0 Å². The third-order valence-corrected chi connectivity index (χ3v) is 5.31. The second-order valence-electron chi connectivity index (χ2n) is 6.01. The summed E-state index contributed by atoms with van der Waals surface area (Å²) < 4.78 is 0.990. The molecule has 152 valence electrons. The molecule has 0 aliphatic heterocycles. The molecule has 0 aliphatic rings. The Morgan fingerprint density at radius 2 is 1.83 bits per heavy atom. The Bertz CT molecular complexity index is 988. The molecule has 4 N–H and O–H groups in total. The lowest BCUT2D eigenvalue weighted by molar-refractivity contribution is -0.384. The second-order valence-corrected chi connectivity index (χ2v) is 7.92. The van der Waals surface area contributed by atoms with Crippen LogP contribution in [0.15, 0.2) is 53.0 Å². The summed E-state index contributed by atoms with van der Waals surface area (Å²) in [6.07, 6.45) is 0. The number of nitrogens with zero attached hydrogens (tertiary/aromatic N) is 2. The number of thiazole rings is 1. The summed E-state index contributed by atoms with van der Waals surface area (Å²) >= 11 is 4.48. The molecule has 0 saturated carbocycles. The van der Waals surface area contributed by atoms with Gasteiger partial charge in [0.25, 0.3) is 5.69 Å². The first-order chi connectivity index (χ1) is 13.7. The minimum absolute atomic E-state index is 0.0780. The minimum Gasteiger partial charge on any atom is -0.477 e. The monoisotopic (exact) mass is 478 g/mol. The fraction of sp³-hybridized carbons (Fsp3) is 0.158. The van der Waals surface area contributed by atoms with Crippen LogP contribution < -0.4 is 11.1 Å². The average molecular weight is 479 g/mol. The summed E-state index contributed by atoms with van der Waals surface area (Å²) in [5.41, 5.74) is 7.97. The number of nitrogens with one attached hydrogen (secondary N) is 1. The van der Waals surface area contributed by atoms with Crippen molar-refractivity contribution in [3.8, 4) is 0 Å². The minimum atomic E-state index is -0.941. The third kappa shape index (κ3) is 6.63. The topological polar surface area (TPSA) is 131 Å². The van der Waals surface area contributed by atoms with Crippen molar-refractivity contribution >= 4 is 49.7 Å². The Labute approximate surface area is 179 Å². The maximum atomic E-state index is 10.9. The number of carboxylic acid groups (broad SMARTS) is 1. The van der Waals surface area contributed by atoms with Gasteiger partial charge in [-0.05, 0) is 43.7 Å². The Hall–Kier alpha value is -2.82. The van der Waals surface area contributed by atoms with Crippen LogP contribution >= 0.6 is 27.3 Å². The van der Waals surface area contributed by atoms with Crippen LogP contribution in [0.2, 0.25) is 0 Å². The Morgan fingerprint density at radius 1 is 1.24 bits per heavy atom. The third-order valence-electron chi connectivity index (χ3n) is 3.72. The molecule has 8 nitrogen and oxygen atoms in total. The summed E-state index contributed by atoms with van der Waals surface area (Å²) in [5.74, 6) is -0.941. The molecule has 0 fully saturated rings. The molecule has 0 amide bonds. The number of hydrogen-bond donors (Lipinski definition) is 3. The van der Waals surface area contributed by atoms with Crippen molar-refractivity contribution in [1.29, 1.82) is 0 Å². The SMILES string of the molecule is C[C@@H](N)c1ccc([N+](=O)[O-])cc1.Cc1nc(Nc2ccc(Br)cc2)sc1C(=O)O. The second kappa shape index (κ2) is 10.1. The quantitative estimate of drug-likeness (QED) is 0.336. The van der Waals surface area contributed by atoms with Crippen molar-refractivity contribution in [2.75, 3.05) is 5.32 Å². The number of aromatic nitrogens is 1. The van der Waals surface area contributed by atoms with E-state index in [0.717, 1.165) is 27.1 Å². The molecule has 3 rings (SSSR count). The Balaban J connectivity index is 0.000000221. The van der Waals surface area contributed by atoms with Crippen LogP contribution in [0.4, 0.5) is 16.5 Å². The van der Waals surface area contributed by atoms with E-state index >= 15 is 0 Å². The predicted octanol–water partition coefficient (Wildman–Crippen LogP) is 5.27. The zero-order valence-electron chi connectivity index (χ0n) is 15.6. The molecule has 0 spiro atoms. The molecular formula is C19H19BrN4O4S. The van der Waals surface area contributed by atoms with Gasteiger partial charge in [-0.25, -0.2) is 9.78 Å². The number of benzene rings is 2. The van der Waals surface area contributed by atoms with Crippen molar-refractivity contribution in [3.05, 3.63) is 79.3 Å². The first-order valence-electron chi connectivity index (χ1n) is 8.40. The normalized spacial score (nSPS) is 11.2. The number of carbonyl (C=O) groups is 1. The number of nitro groups is 1. The molecule has 0 aliphatic carbocycles. The number of nitrogens with two attached hydrogens (primary N) is 1. The van der Waals surface area contributed by atoms with E-state index in [-0.39, 0.29) is 16.6 Å². The molecule has 29 heavy (non-hydrogen) atoms. The number of hydrogen-bond acceptors (Lipinski definition) is 7. The van der Waals surface area contributed by atoms with Gasteiger partial charge in [0.1, 0.15) is 4.88 Å². The van der Waals surface area contributed by atoms with Crippen LogP contribution in [0.5, 0.6) is 0 Å². The van der Waals surface area contributed by atoms with Gasteiger partial charge in [0.15, 0.2) is 5.13 Å². The van der Waals surface area contributed by atoms with Gasteiger partial charge >= 0.3 is 5.97 Å². The maximum absolute atomic E-state index is 10.9. The first-order valence-corrected chi connectivity index (χ1v) is 10.0. The zero-order valence-corrected chi connectivity index (χ0v) is 18.0. The Morgan fingerprint density at radius 3 is 2.28 bits per heavy atom. The molecule has 0 saturated heterocycles. The molecule has 2 aromatic carbocycles. The number of anilines is 2. The highest BCUT2D eigenvalue weighted by atomic mass is 79.9. The van der Waals surface area contributed by atoms with E-state index in [4.69, 9.17) is 10.8 Å². The molecule has 0 radical (unpaired) electrons. The van der Waals surface area contributed by atoms with Crippen molar-refractivity contribution in [3.63, 3.8) is 0 Å². The lowest BCUT2D eigenvalue weighted by Crippen LogP contribution is -2.04. The van der Waals surface area contributed by atoms with Crippen LogP contribution in [0.25, 0.3) is 0 Å². The van der Waals surface area contributed by atoms with Gasteiger partial charge < -0.3 is 16.2 Å². The Kier molecular flexibility index (Phi) is 7.82. The van der Waals surface area contributed by atoms with Crippen molar-refractivity contribution in [2.24, 2.45) is 5.73 Å². The van der Waals surface area contributed by atoms with E-state index in [0.29, 0.717) is 10.8 Å². The molecule has 1 aromatic heterocycles. The highest BCUT2D eigenvalue weighted by Gasteiger charge is 2.13. The van der Waals surface area contributed by atoms with Gasteiger partial charge in [0.05, 0.1) is 10.6 Å².